The van der Waals surface area contributed by atoms with Crippen LogP contribution in [0.15, 0.2) is 33.7 Å². The number of hydrogen-bond acceptors (Lipinski definition) is 5. The zero-order chi connectivity index (χ0) is 15.7. The topological polar surface area (TPSA) is 59.2 Å². The van der Waals surface area contributed by atoms with Crippen molar-refractivity contribution in [1.82, 2.24) is 15.0 Å². The van der Waals surface area contributed by atoms with E-state index in [-0.39, 0.29) is 17.1 Å². The first-order valence-corrected chi connectivity index (χ1v) is 8.24. The molecule has 0 saturated carbocycles. The summed E-state index contributed by atoms with van der Waals surface area (Å²) >= 11 is 1.64. The highest BCUT2D eigenvalue weighted by molar-refractivity contribution is 8.01. The number of rotatable bonds is 4. The van der Waals surface area contributed by atoms with Crippen LogP contribution in [0, 0.1) is 0 Å². The van der Waals surface area contributed by atoms with E-state index in [1.807, 2.05) is 26.0 Å². The van der Waals surface area contributed by atoms with Crippen LogP contribution >= 0.6 is 11.8 Å². The molecule has 1 aliphatic rings. The zero-order valence-electron chi connectivity index (χ0n) is 12.9. The molecule has 0 unspecified atom stereocenters. The molecule has 22 heavy (non-hydrogen) atoms. The molecule has 1 atom stereocenters. The minimum absolute atomic E-state index is 0.0566. The lowest BCUT2D eigenvalue weighted by Crippen LogP contribution is -2.34. The standard InChI is InChI=1S/C16H19N3O2S/c1-10(2)15-17-14(18-21-15)9-19(3)16(20)13-8-11-6-4-5-7-12(11)22-13/h4-7,10,13H,8-9H2,1-3H3/t13-/m0/s1. The molecule has 2 aromatic rings. The summed E-state index contributed by atoms with van der Waals surface area (Å²) in [7, 11) is 1.79. The number of amides is 1. The highest BCUT2D eigenvalue weighted by Crippen LogP contribution is 2.37. The maximum absolute atomic E-state index is 12.6. The second-order valence-electron chi connectivity index (χ2n) is 5.82. The summed E-state index contributed by atoms with van der Waals surface area (Å²) in [5, 5.41) is 3.88. The summed E-state index contributed by atoms with van der Waals surface area (Å²) in [6.45, 7) is 4.37. The summed E-state index contributed by atoms with van der Waals surface area (Å²) < 4.78 is 5.18. The van der Waals surface area contributed by atoms with Gasteiger partial charge in [-0.1, -0.05) is 37.2 Å². The number of benzene rings is 1. The Bertz CT molecular complexity index is 659. The van der Waals surface area contributed by atoms with Crippen LogP contribution in [0.3, 0.4) is 0 Å². The molecule has 0 fully saturated rings. The van der Waals surface area contributed by atoms with Gasteiger partial charge >= 0.3 is 0 Å². The van der Waals surface area contributed by atoms with Crippen molar-refractivity contribution in [1.29, 1.82) is 0 Å². The first-order chi connectivity index (χ1) is 10.5. The molecule has 3 rings (SSSR count). The van der Waals surface area contributed by atoms with Crippen LogP contribution in [-0.2, 0) is 17.8 Å². The summed E-state index contributed by atoms with van der Waals surface area (Å²) in [6.07, 6.45) is 0.785. The van der Waals surface area contributed by atoms with Crippen molar-refractivity contribution in [3.63, 3.8) is 0 Å². The number of carbonyl (C=O) groups is 1. The van der Waals surface area contributed by atoms with E-state index in [9.17, 15) is 4.79 Å². The zero-order valence-corrected chi connectivity index (χ0v) is 13.8. The maximum Gasteiger partial charge on any atom is 0.236 e. The van der Waals surface area contributed by atoms with E-state index in [4.69, 9.17) is 4.52 Å². The number of hydrogen-bond donors (Lipinski definition) is 0. The van der Waals surface area contributed by atoms with Crippen LogP contribution < -0.4 is 0 Å². The maximum atomic E-state index is 12.6. The van der Waals surface area contributed by atoms with Gasteiger partial charge in [-0.3, -0.25) is 4.79 Å². The third-order valence-electron chi connectivity index (χ3n) is 3.66. The Kier molecular flexibility index (Phi) is 4.20. The molecule has 1 aromatic heterocycles. The number of nitrogens with zero attached hydrogens (tertiary/aromatic N) is 3. The van der Waals surface area contributed by atoms with E-state index < -0.39 is 0 Å². The van der Waals surface area contributed by atoms with E-state index in [1.165, 1.54) is 10.5 Å². The third-order valence-corrected chi connectivity index (χ3v) is 4.96. The van der Waals surface area contributed by atoms with Crippen molar-refractivity contribution in [2.45, 2.75) is 42.9 Å². The smallest absolute Gasteiger partial charge is 0.236 e. The lowest BCUT2D eigenvalue weighted by atomic mass is 10.1. The Morgan fingerprint density at radius 3 is 2.91 bits per heavy atom. The Balaban J connectivity index is 1.63. The van der Waals surface area contributed by atoms with Gasteiger partial charge in [-0.2, -0.15) is 4.98 Å². The van der Waals surface area contributed by atoms with Crippen LogP contribution in [0.5, 0.6) is 0 Å². The van der Waals surface area contributed by atoms with Gasteiger partial charge in [0.25, 0.3) is 0 Å². The molecular weight excluding hydrogens is 298 g/mol. The normalized spacial score (nSPS) is 16.8. The number of carbonyl (C=O) groups excluding carboxylic acids is 1. The van der Waals surface area contributed by atoms with Gasteiger partial charge in [0.15, 0.2) is 5.82 Å². The van der Waals surface area contributed by atoms with Gasteiger partial charge in [0.2, 0.25) is 11.8 Å². The predicted molar refractivity (Wildman–Crippen MR) is 84.7 cm³/mol. The van der Waals surface area contributed by atoms with Gasteiger partial charge in [-0.15, -0.1) is 11.8 Å². The molecular formula is C16H19N3O2S. The lowest BCUT2D eigenvalue weighted by molar-refractivity contribution is -0.129. The lowest BCUT2D eigenvalue weighted by Gasteiger charge is -2.18. The molecule has 0 bridgehead atoms. The van der Waals surface area contributed by atoms with Crippen molar-refractivity contribution in [3.8, 4) is 0 Å². The fraction of sp³-hybridized carbons (Fsp3) is 0.438. The van der Waals surface area contributed by atoms with Crippen LogP contribution in [0.1, 0.15) is 37.0 Å². The molecule has 0 N–H and O–H groups in total. The summed E-state index contributed by atoms with van der Waals surface area (Å²) in [5.74, 6) is 1.47. The Morgan fingerprint density at radius 2 is 2.23 bits per heavy atom. The fourth-order valence-corrected chi connectivity index (χ4v) is 3.73. The average Bonchev–Trinajstić information content (AvgIpc) is 3.12. The van der Waals surface area contributed by atoms with Crippen molar-refractivity contribution in [3.05, 3.63) is 41.5 Å². The van der Waals surface area contributed by atoms with E-state index in [2.05, 4.69) is 22.3 Å². The second kappa shape index (κ2) is 6.12. The number of aromatic nitrogens is 2. The average molecular weight is 317 g/mol. The van der Waals surface area contributed by atoms with Gasteiger partial charge in [0.05, 0.1) is 11.8 Å². The van der Waals surface area contributed by atoms with Crippen molar-refractivity contribution in [2.24, 2.45) is 0 Å². The Morgan fingerprint density at radius 1 is 1.45 bits per heavy atom. The summed E-state index contributed by atoms with van der Waals surface area (Å²) in [6, 6.07) is 8.18. The van der Waals surface area contributed by atoms with Gasteiger partial charge in [-0.25, -0.2) is 0 Å². The highest BCUT2D eigenvalue weighted by atomic mass is 32.2. The molecule has 0 spiro atoms. The van der Waals surface area contributed by atoms with Crippen LogP contribution in [0.25, 0.3) is 0 Å². The largest absolute Gasteiger partial charge is 0.339 e. The molecule has 0 saturated heterocycles. The monoisotopic (exact) mass is 317 g/mol. The molecule has 6 heteroatoms. The third kappa shape index (κ3) is 3.02. The molecule has 116 valence electrons. The number of thioether (sulfide) groups is 1. The van der Waals surface area contributed by atoms with E-state index >= 15 is 0 Å². The van der Waals surface area contributed by atoms with Gasteiger partial charge in [-0.05, 0) is 18.1 Å². The van der Waals surface area contributed by atoms with E-state index in [1.54, 1.807) is 23.7 Å². The van der Waals surface area contributed by atoms with Crippen LogP contribution in [-0.4, -0.2) is 33.2 Å². The molecule has 5 nitrogen and oxygen atoms in total. The van der Waals surface area contributed by atoms with E-state index in [0.717, 1.165) is 6.42 Å². The summed E-state index contributed by atoms with van der Waals surface area (Å²) in [5.41, 5.74) is 1.25. The molecule has 1 amide bonds. The molecule has 0 radical (unpaired) electrons. The predicted octanol–water partition coefficient (Wildman–Crippen LogP) is 2.87. The van der Waals surface area contributed by atoms with Crippen LogP contribution in [0.4, 0.5) is 0 Å². The SMILES string of the molecule is CC(C)c1nc(CN(C)C(=O)[C@@H]2Cc3ccccc3S2)no1. The molecule has 1 aromatic carbocycles. The van der Waals surface area contributed by atoms with Gasteiger partial charge < -0.3 is 9.42 Å². The minimum Gasteiger partial charge on any atom is -0.339 e. The minimum atomic E-state index is -0.0566. The van der Waals surface area contributed by atoms with Gasteiger partial charge in [0, 0.05) is 17.9 Å². The summed E-state index contributed by atoms with van der Waals surface area (Å²) in [4.78, 5) is 19.8. The Labute approximate surface area is 134 Å². The van der Waals surface area contributed by atoms with Gasteiger partial charge in [0.1, 0.15) is 0 Å². The van der Waals surface area contributed by atoms with Crippen molar-refractivity contribution in [2.75, 3.05) is 7.05 Å². The first kappa shape index (κ1) is 15.1. The molecule has 2 heterocycles. The number of fused-ring (bicyclic) bond motifs is 1. The van der Waals surface area contributed by atoms with E-state index in [0.29, 0.717) is 18.3 Å². The fourth-order valence-electron chi connectivity index (χ4n) is 2.42. The molecule has 1 aliphatic heterocycles. The highest BCUT2D eigenvalue weighted by Gasteiger charge is 2.30. The second-order valence-corrected chi connectivity index (χ2v) is 7.06. The van der Waals surface area contributed by atoms with Crippen molar-refractivity contribution >= 4 is 17.7 Å². The quantitative estimate of drug-likeness (QED) is 0.868. The molecule has 0 aliphatic carbocycles. The van der Waals surface area contributed by atoms with Crippen molar-refractivity contribution < 1.29 is 9.32 Å². The first-order valence-electron chi connectivity index (χ1n) is 7.36. The van der Waals surface area contributed by atoms with Crippen LogP contribution in [0.2, 0.25) is 0 Å². The Hall–Kier alpha value is -1.82.